The molecule has 1 aliphatic rings. The first kappa shape index (κ1) is 17.9. The average molecular weight is 381 g/mol. The Bertz CT molecular complexity index is 949. The van der Waals surface area contributed by atoms with Crippen LogP contribution in [0, 0.1) is 6.92 Å². The van der Waals surface area contributed by atoms with Gasteiger partial charge in [0.1, 0.15) is 5.75 Å². The summed E-state index contributed by atoms with van der Waals surface area (Å²) in [6, 6.07) is 16.4. The molecule has 0 atom stereocenters. The number of carbonyl (C=O) groups excluding carboxylic acids is 1. The molecule has 0 aliphatic carbocycles. The highest BCUT2D eigenvalue weighted by molar-refractivity contribution is 7.21. The van der Waals surface area contributed by atoms with Gasteiger partial charge >= 0.3 is 0 Å². The number of hydrogen-bond donors (Lipinski definition) is 0. The Morgan fingerprint density at radius 2 is 1.78 bits per heavy atom. The van der Waals surface area contributed by atoms with Crippen LogP contribution in [-0.4, -0.2) is 44.1 Å². The van der Waals surface area contributed by atoms with Crippen molar-refractivity contribution >= 4 is 33.0 Å². The standard InChI is InChI=1S/C22H24N2O2S/c1-16-19-6-3-4-7-20(19)27-21(16)22(25)24-13-5-12-23(14-15-24)17-8-10-18(26-2)11-9-17/h3-4,6-11H,5,12-15H2,1-2H3. The molecule has 3 aromatic rings. The fraction of sp³-hybridized carbons (Fsp3) is 0.318. The monoisotopic (exact) mass is 380 g/mol. The number of rotatable bonds is 3. The fourth-order valence-electron chi connectivity index (χ4n) is 3.69. The van der Waals surface area contributed by atoms with Gasteiger partial charge in [-0.3, -0.25) is 4.79 Å². The zero-order valence-corrected chi connectivity index (χ0v) is 16.6. The van der Waals surface area contributed by atoms with Crippen LogP contribution >= 0.6 is 11.3 Å². The molecule has 1 fully saturated rings. The Morgan fingerprint density at radius 1 is 1.00 bits per heavy atom. The van der Waals surface area contributed by atoms with Crippen molar-refractivity contribution in [3.63, 3.8) is 0 Å². The van der Waals surface area contributed by atoms with Crippen LogP contribution in [-0.2, 0) is 0 Å². The lowest BCUT2D eigenvalue weighted by Gasteiger charge is -2.24. The lowest BCUT2D eigenvalue weighted by molar-refractivity contribution is 0.0771. The van der Waals surface area contributed by atoms with Crippen LogP contribution in [0.2, 0.25) is 0 Å². The molecular formula is C22H24N2O2S. The number of carbonyl (C=O) groups is 1. The molecule has 1 aromatic heterocycles. The second-order valence-corrected chi connectivity index (χ2v) is 7.94. The number of fused-ring (bicyclic) bond motifs is 1. The number of nitrogens with zero attached hydrogens (tertiary/aromatic N) is 2. The Labute approximate surface area is 164 Å². The molecule has 27 heavy (non-hydrogen) atoms. The van der Waals surface area contributed by atoms with Gasteiger partial charge in [-0.15, -0.1) is 11.3 Å². The van der Waals surface area contributed by atoms with Crippen molar-refractivity contribution < 1.29 is 9.53 Å². The van der Waals surface area contributed by atoms with Crippen molar-refractivity contribution in [2.45, 2.75) is 13.3 Å². The Balaban J connectivity index is 1.50. The van der Waals surface area contributed by atoms with Gasteiger partial charge < -0.3 is 14.5 Å². The minimum atomic E-state index is 0.172. The summed E-state index contributed by atoms with van der Waals surface area (Å²) in [6.45, 7) is 5.43. The van der Waals surface area contributed by atoms with E-state index in [9.17, 15) is 4.79 Å². The molecule has 0 saturated carbocycles. The molecule has 0 N–H and O–H groups in total. The summed E-state index contributed by atoms with van der Waals surface area (Å²) < 4.78 is 6.43. The summed E-state index contributed by atoms with van der Waals surface area (Å²) in [6.07, 6.45) is 0.974. The number of thiophene rings is 1. The number of methoxy groups -OCH3 is 1. The van der Waals surface area contributed by atoms with Crippen molar-refractivity contribution in [1.29, 1.82) is 0 Å². The van der Waals surface area contributed by atoms with Crippen molar-refractivity contribution in [1.82, 2.24) is 4.90 Å². The van der Waals surface area contributed by atoms with E-state index in [4.69, 9.17) is 4.74 Å². The maximum absolute atomic E-state index is 13.2. The molecule has 1 saturated heterocycles. The van der Waals surface area contributed by atoms with Gasteiger partial charge in [0.05, 0.1) is 12.0 Å². The molecule has 0 spiro atoms. The van der Waals surface area contributed by atoms with Gasteiger partial charge in [0.25, 0.3) is 5.91 Å². The lowest BCUT2D eigenvalue weighted by Crippen LogP contribution is -2.35. The van der Waals surface area contributed by atoms with Gasteiger partial charge in [0, 0.05) is 36.6 Å². The maximum atomic E-state index is 13.2. The number of hydrogen-bond acceptors (Lipinski definition) is 4. The van der Waals surface area contributed by atoms with E-state index < -0.39 is 0 Å². The molecule has 0 bridgehead atoms. The second kappa shape index (κ2) is 7.61. The minimum Gasteiger partial charge on any atom is -0.497 e. The third-order valence-electron chi connectivity index (χ3n) is 5.26. The summed E-state index contributed by atoms with van der Waals surface area (Å²) in [4.78, 5) is 18.4. The minimum absolute atomic E-state index is 0.172. The van der Waals surface area contributed by atoms with Crippen LogP contribution in [0.3, 0.4) is 0 Å². The number of ether oxygens (including phenoxy) is 1. The first-order valence-corrected chi connectivity index (χ1v) is 10.2. The van der Waals surface area contributed by atoms with E-state index in [1.165, 1.54) is 15.8 Å². The summed E-state index contributed by atoms with van der Waals surface area (Å²) >= 11 is 1.62. The van der Waals surface area contributed by atoms with Crippen molar-refractivity contribution in [2.75, 3.05) is 38.2 Å². The van der Waals surface area contributed by atoms with Crippen LogP contribution in [0.25, 0.3) is 10.1 Å². The van der Waals surface area contributed by atoms with Crippen LogP contribution in [0.5, 0.6) is 5.75 Å². The van der Waals surface area contributed by atoms with Gasteiger partial charge in [-0.05, 0) is 54.6 Å². The van der Waals surface area contributed by atoms with E-state index in [0.717, 1.165) is 48.8 Å². The van der Waals surface area contributed by atoms with Gasteiger partial charge in [-0.2, -0.15) is 0 Å². The smallest absolute Gasteiger partial charge is 0.264 e. The van der Waals surface area contributed by atoms with Crippen LogP contribution in [0.4, 0.5) is 5.69 Å². The predicted molar refractivity (Wildman–Crippen MR) is 112 cm³/mol. The van der Waals surface area contributed by atoms with Gasteiger partial charge in [-0.1, -0.05) is 18.2 Å². The molecule has 140 valence electrons. The SMILES string of the molecule is COc1ccc(N2CCCN(C(=O)c3sc4ccccc4c3C)CC2)cc1. The van der Waals surface area contributed by atoms with Crippen LogP contribution in [0.1, 0.15) is 21.7 Å². The van der Waals surface area contributed by atoms with E-state index in [1.54, 1.807) is 18.4 Å². The third-order valence-corrected chi connectivity index (χ3v) is 6.52. The molecule has 4 nitrogen and oxygen atoms in total. The fourth-order valence-corrected chi connectivity index (χ4v) is 4.87. The Morgan fingerprint density at radius 3 is 2.52 bits per heavy atom. The van der Waals surface area contributed by atoms with Gasteiger partial charge in [0.15, 0.2) is 0 Å². The largest absolute Gasteiger partial charge is 0.497 e. The summed E-state index contributed by atoms with van der Waals surface area (Å²) in [7, 11) is 1.68. The summed E-state index contributed by atoms with van der Waals surface area (Å²) in [5, 5.41) is 1.19. The molecule has 4 rings (SSSR count). The zero-order chi connectivity index (χ0) is 18.8. The van der Waals surface area contributed by atoms with Crippen LogP contribution in [0.15, 0.2) is 48.5 Å². The Kier molecular flexibility index (Phi) is 5.03. The quantitative estimate of drug-likeness (QED) is 0.667. The van der Waals surface area contributed by atoms with E-state index in [2.05, 4.69) is 36.1 Å². The first-order valence-electron chi connectivity index (χ1n) is 9.34. The van der Waals surface area contributed by atoms with E-state index in [0.29, 0.717) is 0 Å². The van der Waals surface area contributed by atoms with Crippen molar-refractivity contribution in [3.8, 4) is 5.75 Å². The molecule has 0 unspecified atom stereocenters. The lowest BCUT2D eigenvalue weighted by atomic mass is 10.1. The molecule has 2 heterocycles. The molecule has 1 amide bonds. The van der Waals surface area contributed by atoms with E-state index in [1.807, 2.05) is 29.2 Å². The average Bonchev–Trinajstić information content (AvgIpc) is 2.89. The van der Waals surface area contributed by atoms with Gasteiger partial charge in [0.2, 0.25) is 0 Å². The molecule has 0 radical (unpaired) electrons. The van der Waals surface area contributed by atoms with Gasteiger partial charge in [-0.25, -0.2) is 0 Å². The number of benzene rings is 2. The summed E-state index contributed by atoms with van der Waals surface area (Å²) in [5.41, 5.74) is 2.29. The number of anilines is 1. The maximum Gasteiger partial charge on any atom is 0.264 e. The first-order chi connectivity index (χ1) is 13.2. The normalized spacial score (nSPS) is 15.0. The number of aryl methyl sites for hydroxylation is 1. The topological polar surface area (TPSA) is 32.8 Å². The molecule has 2 aromatic carbocycles. The predicted octanol–water partition coefficient (Wildman–Crippen LogP) is 4.57. The van der Waals surface area contributed by atoms with E-state index >= 15 is 0 Å². The highest BCUT2D eigenvalue weighted by Crippen LogP contribution is 2.31. The van der Waals surface area contributed by atoms with Crippen LogP contribution < -0.4 is 9.64 Å². The van der Waals surface area contributed by atoms with E-state index in [-0.39, 0.29) is 5.91 Å². The molecular weight excluding hydrogens is 356 g/mol. The number of amides is 1. The van der Waals surface area contributed by atoms with Crippen molar-refractivity contribution in [3.05, 3.63) is 59.0 Å². The second-order valence-electron chi connectivity index (χ2n) is 6.88. The highest BCUT2D eigenvalue weighted by Gasteiger charge is 2.24. The Hall–Kier alpha value is -2.53. The third kappa shape index (κ3) is 3.52. The molecule has 1 aliphatic heterocycles. The zero-order valence-electron chi connectivity index (χ0n) is 15.8. The highest BCUT2D eigenvalue weighted by atomic mass is 32.1. The van der Waals surface area contributed by atoms with Crippen molar-refractivity contribution in [2.24, 2.45) is 0 Å². The summed E-state index contributed by atoms with van der Waals surface area (Å²) in [5.74, 6) is 1.04. The molecule has 5 heteroatoms.